The maximum absolute atomic E-state index is 15.5. The zero-order valence-corrected chi connectivity index (χ0v) is 36.1. The largest absolute Gasteiger partial charge is 0.493 e. The van der Waals surface area contributed by atoms with Gasteiger partial charge in [-0.05, 0) is 136 Å². The van der Waals surface area contributed by atoms with Gasteiger partial charge in [0.2, 0.25) is 23.6 Å². The fourth-order valence-electron chi connectivity index (χ4n) is 9.08. The third-order valence-electron chi connectivity index (χ3n) is 13.2. The Morgan fingerprint density at radius 3 is 2.18 bits per heavy atom. The quantitative estimate of drug-likeness (QED) is 0.0744. The summed E-state index contributed by atoms with van der Waals surface area (Å²) in [6, 6.07) is 18.4. The van der Waals surface area contributed by atoms with Crippen molar-refractivity contribution in [2.75, 3.05) is 62.0 Å². The van der Waals surface area contributed by atoms with Crippen molar-refractivity contribution in [3.8, 4) is 23.0 Å². The number of ether oxygens (including phenoxy) is 3. The zero-order chi connectivity index (χ0) is 45.1. The number of imide groups is 1. The summed E-state index contributed by atoms with van der Waals surface area (Å²) >= 11 is 0. The van der Waals surface area contributed by atoms with Crippen LogP contribution in [0.25, 0.3) is 10.9 Å². The number of hydrogen-bond acceptors (Lipinski definition) is 11. The summed E-state index contributed by atoms with van der Waals surface area (Å²) in [6.45, 7) is 5.42. The Labute approximate surface area is 375 Å². The van der Waals surface area contributed by atoms with Crippen molar-refractivity contribution in [3.05, 3.63) is 102 Å². The summed E-state index contributed by atoms with van der Waals surface area (Å²) in [5, 5.41) is 8.37. The van der Waals surface area contributed by atoms with Gasteiger partial charge in [-0.2, -0.15) is 0 Å². The number of halogens is 2. The molecule has 65 heavy (non-hydrogen) atoms. The Morgan fingerprint density at radius 2 is 1.48 bits per heavy atom. The van der Waals surface area contributed by atoms with Crippen molar-refractivity contribution in [3.63, 3.8) is 0 Å². The Balaban J connectivity index is 0.747. The van der Waals surface area contributed by atoms with Crippen LogP contribution >= 0.6 is 0 Å². The summed E-state index contributed by atoms with van der Waals surface area (Å²) in [7, 11) is 1.56. The van der Waals surface area contributed by atoms with Crippen LogP contribution in [0.3, 0.4) is 0 Å². The average Bonchev–Trinajstić information content (AvgIpc) is 4.13. The molecule has 0 bridgehead atoms. The van der Waals surface area contributed by atoms with Gasteiger partial charge in [-0.1, -0.05) is 0 Å². The maximum atomic E-state index is 15.5. The SMILES string of the molecule is COc1cc2c(Oc3ccc(NC(=O)C4(C(=O)Nc5ccc(F)cc5)CC4)cc3F)ccnc2cc1OCC1CCN(CC2CCN(c3cc(C4CCC(=O)NC4=O)ccn3)CC2)CC1. The number of hydrogen-bond donors (Lipinski definition) is 3. The van der Waals surface area contributed by atoms with Crippen molar-refractivity contribution in [2.24, 2.45) is 17.3 Å². The van der Waals surface area contributed by atoms with Crippen molar-refractivity contribution in [1.29, 1.82) is 0 Å². The predicted molar refractivity (Wildman–Crippen MR) is 239 cm³/mol. The van der Waals surface area contributed by atoms with Gasteiger partial charge in [0.1, 0.15) is 22.8 Å². The highest BCUT2D eigenvalue weighted by molar-refractivity contribution is 6.17. The average molecular weight is 888 g/mol. The third-order valence-corrected chi connectivity index (χ3v) is 13.2. The fourth-order valence-corrected chi connectivity index (χ4v) is 9.08. The summed E-state index contributed by atoms with van der Waals surface area (Å²) in [4.78, 5) is 64.2. The highest BCUT2D eigenvalue weighted by Gasteiger charge is 2.56. The van der Waals surface area contributed by atoms with Crippen LogP contribution in [0.4, 0.5) is 26.0 Å². The number of pyridine rings is 2. The van der Waals surface area contributed by atoms with E-state index >= 15 is 4.39 Å². The van der Waals surface area contributed by atoms with Crippen LogP contribution in [0.15, 0.2) is 85.2 Å². The number of piperidine rings is 3. The minimum absolute atomic E-state index is 0.0756. The number of carbonyl (C=O) groups is 4. The molecule has 5 heterocycles. The molecule has 0 radical (unpaired) electrons. The highest BCUT2D eigenvalue weighted by Crippen LogP contribution is 2.48. The molecular formula is C49H51F2N7O7. The summed E-state index contributed by atoms with van der Waals surface area (Å²) < 4.78 is 46.9. The fraction of sp³-hybridized carbons (Fsp3) is 0.388. The second-order valence-electron chi connectivity index (χ2n) is 17.5. The molecule has 3 N–H and O–H groups in total. The smallest absolute Gasteiger partial charge is 0.240 e. The molecular weight excluding hydrogens is 837 g/mol. The van der Waals surface area contributed by atoms with Gasteiger partial charge in [0, 0.05) is 67.3 Å². The van der Waals surface area contributed by atoms with E-state index in [-0.39, 0.29) is 29.2 Å². The molecule has 1 saturated carbocycles. The van der Waals surface area contributed by atoms with Crippen LogP contribution in [0.1, 0.15) is 62.8 Å². The molecule has 4 amide bonds. The minimum Gasteiger partial charge on any atom is -0.493 e. The number of nitrogens with one attached hydrogen (secondary N) is 3. The van der Waals surface area contributed by atoms with Crippen molar-refractivity contribution < 1.29 is 42.2 Å². The molecule has 2 aromatic heterocycles. The van der Waals surface area contributed by atoms with Gasteiger partial charge in [0.05, 0.1) is 25.2 Å². The van der Waals surface area contributed by atoms with Crippen LogP contribution in [0, 0.1) is 28.9 Å². The van der Waals surface area contributed by atoms with E-state index in [0.29, 0.717) is 78.0 Å². The topological polar surface area (TPSA) is 164 Å². The maximum Gasteiger partial charge on any atom is 0.240 e. The molecule has 14 nitrogen and oxygen atoms in total. The first-order valence-electron chi connectivity index (χ1n) is 22.3. The standard InChI is InChI=1S/C49H51F2N7O7/c1-63-42-26-37-39(52-19-11-40(37)65-41-8-6-35(25-38(41)51)55-48(62)49(16-17-49)47(61)54-34-4-2-33(50)3-5-34)27-43(42)64-29-31-12-20-57(21-13-31)28-30-14-22-58(23-15-30)44-24-32(10-18-53-44)36-7-9-45(59)56-46(36)60/h2-6,8,10-11,18-19,24-27,30-31,36H,7,9,12-17,20-23,28-29H2,1H3,(H,54,61)(H,55,62)(H,56,59,60). The highest BCUT2D eigenvalue weighted by atomic mass is 19.1. The number of amides is 4. The van der Waals surface area contributed by atoms with Gasteiger partial charge < -0.3 is 34.6 Å². The first kappa shape index (κ1) is 43.6. The first-order valence-corrected chi connectivity index (χ1v) is 22.3. The van der Waals surface area contributed by atoms with E-state index in [2.05, 4.69) is 35.7 Å². The van der Waals surface area contributed by atoms with E-state index in [0.717, 1.165) is 75.9 Å². The number of benzene rings is 3. The van der Waals surface area contributed by atoms with Gasteiger partial charge in [0.15, 0.2) is 23.1 Å². The summed E-state index contributed by atoms with van der Waals surface area (Å²) in [6.07, 6.45) is 9.06. The van der Waals surface area contributed by atoms with Crippen molar-refractivity contribution in [1.82, 2.24) is 20.2 Å². The van der Waals surface area contributed by atoms with Crippen molar-refractivity contribution in [2.45, 2.75) is 57.3 Å². The van der Waals surface area contributed by atoms with Crippen LogP contribution in [-0.4, -0.2) is 84.9 Å². The van der Waals surface area contributed by atoms with Gasteiger partial charge in [0.25, 0.3) is 0 Å². The molecule has 4 fully saturated rings. The van der Waals surface area contributed by atoms with Gasteiger partial charge in [-0.15, -0.1) is 0 Å². The lowest BCUT2D eigenvalue weighted by Gasteiger charge is -2.38. The number of carbonyl (C=O) groups excluding carboxylic acids is 4. The number of likely N-dealkylation sites (tertiary alicyclic amines) is 1. The number of rotatable bonds is 14. The number of nitrogens with zero attached hydrogens (tertiary/aromatic N) is 4. The van der Waals surface area contributed by atoms with Crippen LogP contribution in [0.5, 0.6) is 23.0 Å². The number of anilines is 3. The third kappa shape index (κ3) is 9.87. The number of methoxy groups -OCH3 is 1. The minimum atomic E-state index is -1.30. The van der Waals surface area contributed by atoms with E-state index in [1.165, 1.54) is 36.4 Å². The van der Waals surface area contributed by atoms with Gasteiger partial charge in [-0.25, -0.2) is 13.8 Å². The molecule has 3 aromatic carbocycles. The molecule has 1 aliphatic carbocycles. The lowest BCUT2D eigenvalue weighted by atomic mass is 9.90. The molecule has 338 valence electrons. The zero-order valence-electron chi connectivity index (χ0n) is 36.1. The Morgan fingerprint density at radius 1 is 0.769 bits per heavy atom. The van der Waals surface area contributed by atoms with E-state index in [9.17, 15) is 23.6 Å². The normalized spacial score (nSPS) is 19.1. The summed E-state index contributed by atoms with van der Waals surface area (Å²) in [5.74, 6) is 0.197. The molecule has 5 aromatic rings. The van der Waals surface area contributed by atoms with E-state index in [4.69, 9.17) is 14.2 Å². The molecule has 3 saturated heterocycles. The Hall–Kier alpha value is -6.68. The molecule has 1 atom stereocenters. The second-order valence-corrected chi connectivity index (χ2v) is 17.5. The monoisotopic (exact) mass is 887 g/mol. The molecule has 4 aliphatic rings. The number of aromatic nitrogens is 2. The van der Waals surface area contributed by atoms with Crippen LogP contribution in [0.2, 0.25) is 0 Å². The Bertz CT molecular complexity index is 2590. The van der Waals surface area contributed by atoms with E-state index < -0.39 is 28.9 Å². The first-order chi connectivity index (χ1) is 31.5. The van der Waals surface area contributed by atoms with E-state index in [1.807, 2.05) is 12.1 Å². The molecule has 16 heteroatoms. The molecule has 3 aliphatic heterocycles. The van der Waals surface area contributed by atoms with Gasteiger partial charge in [-0.3, -0.25) is 29.5 Å². The molecule has 1 unspecified atom stereocenters. The van der Waals surface area contributed by atoms with Gasteiger partial charge >= 0.3 is 0 Å². The number of fused-ring (bicyclic) bond motifs is 1. The van der Waals surface area contributed by atoms with Crippen LogP contribution < -0.4 is 35.1 Å². The second kappa shape index (κ2) is 18.8. The lowest BCUT2D eigenvalue weighted by molar-refractivity contribution is -0.134. The lowest BCUT2D eigenvalue weighted by Crippen LogP contribution is -2.42. The molecule has 0 spiro atoms. The Kier molecular flexibility index (Phi) is 12.6. The summed E-state index contributed by atoms with van der Waals surface area (Å²) in [5.41, 5.74) is 0.726. The van der Waals surface area contributed by atoms with Crippen LogP contribution in [-0.2, 0) is 19.2 Å². The molecule has 9 rings (SSSR count). The predicted octanol–water partition coefficient (Wildman–Crippen LogP) is 7.59. The van der Waals surface area contributed by atoms with Crippen molar-refractivity contribution >= 4 is 51.7 Å². The van der Waals surface area contributed by atoms with E-state index in [1.54, 1.807) is 37.7 Å².